The van der Waals surface area contributed by atoms with Crippen LogP contribution in [-0.4, -0.2) is 114 Å². The molecule has 0 aliphatic heterocycles. The first-order valence-corrected chi connectivity index (χ1v) is 15.3. The number of hydrogen-bond acceptors (Lipinski definition) is 9. The van der Waals surface area contributed by atoms with Crippen LogP contribution in [0.3, 0.4) is 0 Å². The van der Waals surface area contributed by atoms with E-state index in [1.54, 1.807) is 65.9 Å². The molecule has 0 aromatic heterocycles. The SMILES string of the molecule is CC(=O)OCc1ccc(N(C)C(=O)[C@H](C)N(C)C(=O)[C@@H](NC(=O)[C@H](CNCC(=O)O)N(C)C(=O)C(CC(=O)O)C(C)C)C(C)C)cc1. The number of amides is 4. The maximum atomic E-state index is 13.7. The van der Waals surface area contributed by atoms with Crippen LogP contribution in [0, 0.1) is 17.8 Å². The van der Waals surface area contributed by atoms with Gasteiger partial charge in [-0.2, -0.15) is 0 Å². The first kappa shape index (κ1) is 40.5. The number of nitrogens with zero attached hydrogens (tertiary/aromatic N) is 3. The number of benzene rings is 1. The van der Waals surface area contributed by atoms with Crippen LogP contribution in [0.4, 0.5) is 5.69 Å². The molecule has 0 spiro atoms. The van der Waals surface area contributed by atoms with E-state index in [1.165, 1.54) is 30.8 Å². The summed E-state index contributed by atoms with van der Waals surface area (Å²) in [5, 5.41) is 23.7. The maximum absolute atomic E-state index is 13.7. The predicted molar refractivity (Wildman–Crippen MR) is 172 cm³/mol. The molecular formula is C32H49N5O10. The van der Waals surface area contributed by atoms with E-state index in [2.05, 4.69) is 10.6 Å². The second kappa shape index (κ2) is 18.6. The van der Waals surface area contributed by atoms with Crippen LogP contribution in [0.5, 0.6) is 0 Å². The van der Waals surface area contributed by atoms with E-state index in [-0.39, 0.29) is 19.1 Å². The van der Waals surface area contributed by atoms with Crippen LogP contribution in [0.1, 0.15) is 53.5 Å². The van der Waals surface area contributed by atoms with Gasteiger partial charge in [0.2, 0.25) is 23.6 Å². The zero-order valence-electron chi connectivity index (χ0n) is 28.6. The second-order valence-corrected chi connectivity index (χ2v) is 12.1. The van der Waals surface area contributed by atoms with E-state index in [1.807, 2.05) is 0 Å². The van der Waals surface area contributed by atoms with E-state index in [0.29, 0.717) is 5.69 Å². The van der Waals surface area contributed by atoms with Gasteiger partial charge in [-0.15, -0.1) is 0 Å². The highest BCUT2D eigenvalue weighted by atomic mass is 16.5. The predicted octanol–water partition coefficient (Wildman–Crippen LogP) is 0.948. The number of carboxylic acids is 2. The Morgan fingerprint density at radius 3 is 1.83 bits per heavy atom. The topological polar surface area (TPSA) is 203 Å². The molecule has 0 saturated carbocycles. The molecule has 0 aliphatic carbocycles. The molecule has 0 aliphatic rings. The molecule has 4 N–H and O–H groups in total. The van der Waals surface area contributed by atoms with Crippen molar-refractivity contribution in [2.45, 2.75) is 72.7 Å². The number of nitrogens with one attached hydrogen (secondary N) is 2. The molecule has 0 fully saturated rings. The van der Waals surface area contributed by atoms with Gasteiger partial charge >= 0.3 is 17.9 Å². The minimum atomic E-state index is -1.29. The molecule has 1 rings (SSSR count). The van der Waals surface area contributed by atoms with Gasteiger partial charge in [0, 0.05) is 40.3 Å². The maximum Gasteiger partial charge on any atom is 0.317 e. The van der Waals surface area contributed by atoms with Crippen molar-refractivity contribution in [1.29, 1.82) is 0 Å². The Kier molecular flexibility index (Phi) is 16.0. The summed E-state index contributed by atoms with van der Waals surface area (Å²) in [6.07, 6.45) is -0.464. The summed E-state index contributed by atoms with van der Waals surface area (Å²) in [4.78, 5) is 91.4. The molecule has 0 bridgehead atoms. The third-order valence-corrected chi connectivity index (χ3v) is 7.86. The summed E-state index contributed by atoms with van der Waals surface area (Å²) in [7, 11) is 4.31. The third kappa shape index (κ3) is 12.3. The lowest BCUT2D eigenvalue weighted by Gasteiger charge is -2.35. The van der Waals surface area contributed by atoms with Gasteiger partial charge < -0.3 is 40.3 Å². The molecular weight excluding hydrogens is 614 g/mol. The number of aliphatic carboxylic acids is 2. The highest BCUT2D eigenvalue weighted by Crippen LogP contribution is 2.20. The molecule has 0 heterocycles. The van der Waals surface area contributed by atoms with Gasteiger partial charge in [0.05, 0.1) is 18.9 Å². The van der Waals surface area contributed by atoms with E-state index >= 15 is 0 Å². The van der Waals surface area contributed by atoms with E-state index < -0.39 is 84.5 Å². The Morgan fingerprint density at radius 1 is 0.787 bits per heavy atom. The lowest BCUT2D eigenvalue weighted by atomic mass is 9.90. The van der Waals surface area contributed by atoms with E-state index in [4.69, 9.17) is 9.84 Å². The molecule has 1 aromatic carbocycles. The van der Waals surface area contributed by atoms with Gasteiger partial charge in [0.1, 0.15) is 24.7 Å². The monoisotopic (exact) mass is 663 g/mol. The zero-order valence-corrected chi connectivity index (χ0v) is 28.6. The zero-order chi connectivity index (χ0) is 36.2. The number of ether oxygens (including phenoxy) is 1. The molecule has 262 valence electrons. The van der Waals surface area contributed by atoms with Crippen LogP contribution in [0.15, 0.2) is 24.3 Å². The van der Waals surface area contributed by atoms with Crippen LogP contribution in [0.2, 0.25) is 0 Å². The summed E-state index contributed by atoms with van der Waals surface area (Å²) < 4.78 is 4.98. The Bertz CT molecular complexity index is 1280. The van der Waals surface area contributed by atoms with Gasteiger partial charge in [-0.1, -0.05) is 39.8 Å². The van der Waals surface area contributed by atoms with E-state index in [9.17, 15) is 38.7 Å². The second-order valence-electron chi connectivity index (χ2n) is 12.1. The van der Waals surface area contributed by atoms with Crippen molar-refractivity contribution in [2.75, 3.05) is 39.1 Å². The van der Waals surface area contributed by atoms with Crippen molar-refractivity contribution >= 4 is 47.2 Å². The summed E-state index contributed by atoms with van der Waals surface area (Å²) in [6.45, 7) is 8.90. The minimum absolute atomic E-state index is 0.0876. The number of carbonyl (C=O) groups excluding carboxylic acids is 5. The van der Waals surface area contributed by atoms with Crippen LogP contribution < -0.4 is 15.5 Å². The van der Waals surface area contributed by atoms with Crippen molar-refractivity contribution in [3.63, 3.8) is 0 Å². The fourth-order valence-electron chi connectivity index (χ4n) is 4.68. The van der Waals surface area contributed by atoms with Gasteiger partial charge in [-0.25, -0.2) is 0 Å². The number of hydrogen-bond donors (Lipinski definition) is 4. The summed E-state index contributed by atoms with van der Waals surface area (Å²) >= 11 is 0. The minimum Gasteiger partial charge on any atom is -0.481 e. The fourth-order valence-corrected chi connectivity index (χ4v) is 4.68. The third-order valence-electron chi connectivity index (χ3n) is 7.86. The lowest BCUT2D eigenvalue weighted by Crippen LogP contribution is -2.60. The van der Waals surface area contributed by atoms with Crippen molar-refractivity contribution in [3.8, 4) is 0 Å². The van der Waals surface area contributed by atoms with Gasteiger partial charge in [-0.3, -0.25) is 33.6 Å². The highest BCUT2D eigenvalue weighted by molar-refractivity contribution is 6.00. The molecule has 15 heteroatoms. The van der Waals surface area contributed by atoms with Crippen molar-refractivity contribution < 1.29 is 48.5 Å². The highest BCUT2D eigenvalue weighted by Gasteiger charge is 2.37. The number of carboxylic acid groups (broad SMARTS) is 2. The molecule has 0 saturated heterocycles. The Hall–Kier alpha value is -4.53. The largest absolute Gasteiger partial charge is 0.481 e. The number of likely N-dealkylation sites (N-methyl/N-ethyl adjacent to an activating group) is 3. The molecule has 47 heavy (non-hydrogen) atoms. The first-order chi connectivity index (χ1) is 21.8. The van der Waals surface area contributed by atoms with Crippen molar-refractivity contribution in [3.05, 3.63) is 29.8 Å². The van der Waals surface area contributed by atoms with Gasteiger partial charge in [0.25, 0.3) is 0 Å². The molecule has 1 aromatic rings. The smallest absolute Gasteiger partial charge is 0.317 e. The van der Waals surface area contributed by atoms with Crippen LogP contribution >= 0.6 is 0 Å². The number of anilines is 1. The number of carbonyl (C=O) groups is 7. The first-order valence-electron chi connectivity index (χ1n) is 15.3. The normalized spacial score (nSPS) is 13.6. The summed E-state index contributed by atoms with van der Waals surface area (Å²) in [6, 6.07) is 3.41. The molecule has 1 unspecified atom stereocenters. The van der Waals surface area contributed by atoms with Gasteiger partial charge in [-0.05, 0) is 36.5 Å². The van der Waals surface area contributed by atoms with Crippen molar-refractivity contribution in [1.82, 2.24) is 20.4 Å². The molecule has 15 nitrogen and oxygen atoms in total. The number of esters is 1. The summed E-state index contributed by atoms with van der Waals surface area (Å²) in [5.74, 6) is -6.94. The number of rotatable bonds is 18. The fraction of sp³-hybridized carbons (Fsp3) is 0.594. The summed E-state index contributed by atoms with van der Waals surface area (Å²) in [5.41, 5.74) is 1.26. The standard InChI is InChI=1S/C32H49N5O10/c1-18(2)24(14-26(39)40)31(45)37(9)25(15-33-16-27(41)42)29(43)34-28(19(3)4)32(46)35(7)20(5)30(44)36(8)23-12-10-22(11-13-23)17-47-21(6)38/h10-13,18-20,24-25,28,33H,14-17H2,1-9H3,(H,34,43)(H,39,40)(H,41,42)/t20-,24?,25-,28-/m0/s1. The van der Waals surface area contributed by atoms with Crippen LogP contribution in [-0.2, 0) is 44.9 Å². The average molecular weight is 664 g/mol. The van der Waals surface area contributed by atoms with Crippen LogP contribution in [0.25, 0.3) is 0 Å². The lowest BCUT2D eigenvalue weighted by molar-refractivity contribution is -0.149. The Morgan fingerprint density at radius 2 is 1.36 bits per heavy atom. The Labute approximate surface area is 275 Å². The molecule has 4 atom stereocenters. The quantitative estimate of drug-likeness (QED) is 0.163. The molecule has 0 radical (unpaired) electrons. The average Bonchev–Trinajstić information content (AvgIpc) is 3.00. The van der Waals surface area contributed by atoms with Crippen molar-refractivity contribution in [2.24, 2.45) is 17.8 Å². The van der Waals surface area contributed by atoms with E-state index in [0.717, 1.165) is 10.5 Å². The Balaban J connectivity index is 3.18. The molecule has 4 amide bonds. The van der Waals surface area contributed by atoms with Gasteiger partial charge in [0.15, 0.2) is 0 Å².